The Morgan fingerprint density at radius 3 is 2.23 bits per heavy atom. The van der Waals surface area contributed by atoms with Gasteiger partial charge in [0.2, 0.25) is 0 Å². The summed E-state index contributed by atoms with van der Waals surface area (Å²) in [7, 11) is 0. The molecule has 1 rings (SSSR count). The van der Waals surface area contributed by atoms with E-state index in [2.05, 4.69) is 6.58 Å². The number of rotatable bonds is 4. The second-order valence-electron chi connectivity index (χ2n) is 4.22. The van der Waals surface area contributed by atoms with Gasteiger partial charge in [0.25, 0.3) is 0 Å². The van der Waals surface area contributed by atoms with Crippen molar-refractivity contribution in [2.45, 2.75) is 51.4 Å². The monoisotopic (exact) mass is 180 g/mol. The second-order valence-corrected chi connectivity index (χ2v) is 4.22. The van der Waals surface area contributed by atoms with E-state index in [1.807, 2.05) is 6.08 Å². The van der Waals surface area contributed by atoms with Gasteiger partial charge in [0.05, 0.1) is 0 Å². The molecule has 0 aromatic rings. The summed E-state index contributed by atoms with van der Waals surface area (Å²) in [4.78, 5) is 11.1. The highest BCUT2D eigenvalue weighted by molar-refractivity contribution is 5.59. The van der Waals surface area contributed by atoms with Crippen molar-refractivity contribution >= 4 is 6.29 Å². The van der Waals surface area contributed by atoms with Crippen molar-refractivity contribution in [1.82, 2.24) is 0 Å². The molecule has 0 aliphatic heterocycles. The molecule has 1 fully saturated rings. The molecule has 0 aromatic carbocycles. The van der Waals surface area contributed by atoms with Crippen LogP contribution in [0.2, 0.25) is 0 Å². The van der Waals surface area contributed by atoms with Gasteiger partial charge in [-0.3, -0.25) is 0 Å². The van der Waals surface area contributed by atoms with Crippen molar-refractivity contribution in [2.24, 2.45) is 5.41 Å². The Balaban J connectivity index is 2.53. The molecule has 0 unspecified atom stereocenters. The van der Waals surface area contributed by atoms with Crippen molar-refractivity contribution < 1.29 is 4.79 Å². The zero-order valence-electron chi connectivity index (χ0n) is 8.43. The van der Waals surface area contributed by atoms with Gasteiger partial charge >= 0.3 is 0 Å². The number of allylic oxidation sites excluding steroid dienone is 1. The maximum Gasteiger partial charge on any atom is 0.126 e. The van der Waals surface area contributed by atoms with Crippen molar-refractivity contribution in [3.8, 4) is 0 Å². The summed E-state index contributed by atoms with van der Waals surface area (Å²) < 4.78 is 0. The molecule has 0 heterocycles. The number of hydrogen-bond acceptors (Lipinski definition) is 1. The number of carbonyl (C=O) groups excluding carboxylic acids is 1. The Labute approximate surface area is 81.2 Å². The minimum Gasteiger partial charge on any atom is -0.303 e. The molecule has 1 aliphatic rings. The van der Waals surface area contributed by atoms with Crippen molar-refractivity contribution in [1.29, 1.82) is 0 Å². The lowest BCUT2D eigenvalue weighted by atomic mass is 9.78. The van der Waals surface area contributed by atoms with Gasteiger partial charge in [0.15, 0.2) is 0 Å². The lowest BCUT2D eigenvalue weighted by Crippen LogP contribution is -2.21. The fourth-order valence-electron chi connectivity index (χ4n) is 2.25. The van der Waals surface area contributed by atoms with Gasteiger partial charge in [-0.05, 0) is 25.7 Å². The Kier molecular flexibility index (Phi) is 4.20. The molecule has 0 saturated heterocycles. The molecule has 1 aliphatic carbocycles. The summed E-state index contributed by atoms with van der Waals surface area (Å²) in [6.45, 7) is 3.72. The molecule has 1 nitrogen and oxygen atoms in total. The van der Waals surface area contributed by atoms with Crippen LogP contribution in [0.3, 0.4) is 0 Å². The zero-order chi connectivity index (χ0) is 9.57. The van der Waals surface area contributed by atoms with Crippen LogP contribution < -0.4 is 0 Å². The van der Waals surface area contributed by atoms with E-state index in [1.54, 1.807) is 0 Å². The highest BCUT2D eigenvalue weighted by atomic mass is 16.1. The third-order valence-corrected chi connectivity index (χ3v) is 3.20. The first kappa shape index (κ1) is 10.5. The fourth-order valence-corrected chi connectivity index (χ4v) is 2.25. The van der Waals surface area contributed by atoms with Crippen LogP contribution in [0.1, 0.15) is 51.4 Å². The highest BCUT2D eigenvalue weighted by Crippen LogP contribution is 2.37. The van der Waals surface area contributed by atoms with Gasteiger partial charge in [-0.2, -0.15) is 0 Å². The third-order valence-electron chi connectivity index (χ3n) is 3.20. The molecule has 13 heavy (non-hydrogen) atoms. The van der Waals surface area contributed by atoms with E-state index < -0.39 is 0 Å². The van der Waals surface area contributed by atoms with Gasteiger partial charge in [-0.15, -0.1) is 6.58 Å². The minimum atomic E-state index is 0.00465. The maximum atomic E-state index is 11.1. The first-order valence-electron chi connectivity index (χ1n) is 5.40. The average Bonchev–Trinajstić information content (AvgIpc) is 2.41. The standard InChI is InChI=1S/C12H20O/c1-2-3-8-12(11-13)9-6-4-5-7-10-12/h2,11H,1,3-10H2. The normalized spacial score (nSPS) is 21.8. The Morgan fingerprint density at radius 1 is 1.15 bits per heavy atom. The lowest BCUT2D eigenvalue weighted by molar-refractivity contribution is -0.117. The molecular weight excluding hydrogens is 160 g/mol. The molecule has 74 valence electrons. The van der Waals surface area contributed by atoms with Crippen LogP contribution in [0.25, 0.3) is 0 Å². The van der Waals surface area contributed by atoms with Gasteiger partial charge in [0.1, 0.15) is 6.29 Å². The average molecular weight is 180 g/mol. The SMILES string of the molecule is C=CCCC1(C=O)CCCCCC1. The smallest absolute Gasteiger partial charge is 0.126 e. The fraction of sp³-hybridized carbons (Fsp3) is 0.750. The van der Waals surface area contributed by atoms with E-state index in [0.717, 1.165) is 25.7 Å². The van der Waals surface area contributed by atoms with Crippen LogP contribution in [0.5, 0.6) is 0 Å². The van der Waals surface area contributed by atoms with Crippen LogP contribution in [-0.2, 0) is 4.79 Å². The third kappa shape index (κ3) is 2.98. The molecule has 1 heteroatoms. The van der Waals surface area contributed by atoms with E-state index in [1.165, 1.54) is 32.0 Å². The first-order chi connectivity index (χ1) is 6.33. The first-order valence-corrected chi connectivity index (χ1v) is 5.40. The number of hydrogen-bond donors (Lipinski definition) is 0. The maximum absolute atomic E-state index is 11.1. The summed E-state index contributed by atoms with van der Waals surface area (Å²) in [5.41, 5.74) is 0.00465. The number of carbonyl (C=O) groups is 1. The van der Waals surface area contributed by atoms with Gasteiger partial charge in [-0.25, -0.2) is 0 Å². The molecule has 0 atom stereocenters. The summed E-state index contributed by atoms with van der Waals surface area (Å²) in [6.07, 6.45) is 12.4. The van der Waals surface area contributed by atoms with Crippen LogP contribution in [-0.4, -0.2) is 6.29 Å². The van der Waals surface area contributed by atoms with E-state index in [0.29, 0.717) is 0 Å². The van der Waals surface area contributed by atoms with E-state index in [9.17, 15) is 4.79 Å². The molecule has 0 bridgehead atoms. The molecule has 0 N–H and O–H groups in total. The van der Waals surface area contributed by atoms with E-state index in [4.69, 9.17) is 0 Å². The second kappa shape index (κ2) is 5.21. The zero-order valence-corrected chi connectivity index (χ0v) is 8.43. The van der Waals surface area contributed by atoms with Gasteiger partial charge in [-0.1, -0.05) is 31.8 Å². The minimum absolute atomic E-state index is 0.00465. The van der Waals surface area contributed by atoms with Gasteiger partial charge < -0.3 is 4.79 Å². The Bertz CT molecular complexity index is 164. The molecule has 0 spiro atoms. The predicted molar refractivity (Wildman–Crippen MR) is 55.6 cm³/mol. The van der Waals surface area contributed by atoms with Crippen molar-refractivity contribution in [3.05, 3.63) is 12.7 Å². The van der Waals surface area contributed by atoms with Crippen LogP contribution in [0, 0.1) is 5.41 Å². The van der Waals surface area contributed by atoms with Crippen LogP contribution >= 0.6 is 0 Å². The Morgan fingerprint density at radius 2 is 1.77 bits per heavy atom. The molecule has 1 saturated carbocycles. The van der Waals surface area contributed by atoms with Crippen molar-refractivity contribution in [3.63, 3.8) is 0 Å². The largest absolute Gasteiger partial charge is 0.303 e. The van der Waals surface area contributed by atoms with Crippen molar-refractivity contribution in [2.75, 3.05) is 0 Å². The van der Waals surface area contributed by atoms with Crippen LogP contribution in [0.15, 0.2) is 12.7 Å². The molecular formula is C12H20O. The molecule has 0 radical (unpaired) electrons. The Hall–Kier alpha value is -0.590. The summed E-state index contributed by atoms with van der Waals surface area (Å²) in [5.74, 6) is 0. The highest BCUT2D eigenvalue weighted by Gasteiger charge is 2.29. The van der Waals surface area contributed by atoms with Crippen LogP contribution in [0.4, 0.5) is 0 Å². The predicted octanol–water partition coefficient (Wildman–Crippen LogP) is 3.49. The lowest BCUT2D eigenvalue weighted by Gasteiger charge is -2.25. The topological polar surface area (TPSA) is 17.1 Å². The molecule has 0 aromatic heterocycles. The van der Waals surface area contributed by atoms with E-state index >= 15 is 0 Å². The quantitative estimate of drug-likeness (QED) is 0.367. The number of aldehydes is 1. The van der Waals surface area contributed by atoms with E-state index in [-0.39, 0.29) is 5.41 Å². The van der Waals surface area contributed by atoms with Gasteiger partial charge in [0, 0.05) is 5.41 Å². The summed E-state index contributed by atoms with van der Waals surface area (Å²) in [5, 5.41) is 0. The summed E-state index contributed by atoms with van der Waals surface area (Å²) in [6, 6.07) is 0. The summed E-state index contributed by atoms with van der Waals surface area (Å²) >= 11 is 0. The molecule has 0 amide bonds.